The molecule has 0 bridgehead atoms. The van der Waals surface area contributed by atoms with Gasteiger partial charge in [0.1, 0.15) is 18.9 Å². The first-order valence-electron chi connectivity index (χ1n) is 20.8. The van der Waals surface area contributed by atoms with Gasteiger partial charge in [-0.05, 0) is 121 Å². The molecule has 56 heavy (non-hydrogen) atoms. The average molecular weight is 790 g/mol. The monoisotopic (exact) mass is 789 g/mol. The van der Waals surface area contributed by atoms with Crippen LogP contribution in [0.3, 0.4) is 0 Å². The van der Waals surface area contributed by atoms with Gasteiger partial charge in [0, 0.05) is 28.9 Å². The van der Waals surface area contributed by atoms with E-state index in [0.717, 1.165) is 70.7 Å². The maximum atomic E-state index is 16.2. The zero-order valence-electron chi connectivity index (χ0n) is 37.8. The molecule has 1 fully saturated rings. The van der Waals surface area contributed by atoms with E-state index < -0.39 is 12.1 Å². The maximum absolute atomic E-state index is 16.2. The summed E-state index contributed by atoms with van der Waals surface area (Å²) in [5, 5.41) is 0.637. The van der Waals surface area contributed by atoms with Crippen LogP contribution in [0.25, 0.3) is 11.3 Å². The first kappa shape index (κ1) is 54.3. The summed E-state index contributed by atoms with van der Waals surface area (Å²) in [6.45, 7) is 26.8. The Morgan fingerprint density at radius 1 is 1.11 bits per heavy atom. The highest BCUT2D eigenvalue weighted by Gasteiger charge is 2.30. The van der Waals surface area contributed by atoms with Crippen LogP contribution in [0.5, 0.6) is 0 Å². The number of alkyl halides is 1. The Morgan fingerprint density at radius 3 is 2.20 bits per heavy atom. The molecule has 0 aromatic carbocycles. The molecule has 0 saturated heterocycles. The summed E-state index contributed by atoms with van der Waals surface area (Å²) in [6, 6.07) is 4.09. The lowest BCUT2D eigenvalue weighted by Crippen LogP contribution is -2.26. The van der Waals surface area contributed by atoms with Crippen molar-refractivity contribution in [3.05, 3.63) is 80.9 Å². The van der Waals surface area contributed by atoms with Crippen LogP contribution in [0.1, 0.15) is 156 Å². The average Bonchev–Trinajstić information content (AvgIpc) is 4.06. The highest BCUT2D eigenvalue weighted by Crippen LogP contribution is 2.38. The number of nitrogens with zero attached hydrogens (tertiary/aromatic N) is 4. The molecule has 3 unspecified atom stereocenters. The van der Waals surface area contributed by atoms with Crippen LogP contribution in [-0.2, 0) is 6.42 Å². The summed E-state index contributed by atoms with van der Waals surface area (Å²) in [6.07, 6.45) is 25.7. The summed E-state index contributed by atoms with van der Waals surface area (Å²) in [7, 11) is 3.50. The molecule has 2 heterocycles. The van der Waals surface area contributed by atoms with Crippen molar-refractivity contribution in [2.75, 3.05) is 20.6 Å². The Kier molecular flexibility index (Phi) is 30.3. The van der Waals surface area contributed by atoms with Gasteiger partial charge in [0.15, 0.2) is 12.8 Å². The predicted octanol–water partition coefficient (Wildman–Crippen LogP) is 13.1. The fourth-order valence-corrected chi connectivity index (χ4v) is 6.35. The van der Waals surface area contributed by atoms with Gasteiger partial charge in [0.2, 0.25) is 0 Å². The molecule has 3 rings (SSSR count). The highest BCUT2D eigenvalue weighted by molar-refractivity contribution is 6.33. The van der Waals surface area contributed by atoms with Gasteiger partial charge in [-0.3, -0.25) is 9.97 Å². The molecule has 7 heteroatoms. The molecule has 1 aliphatic carbocycles. The first-order chi connectivity index (χ1) is 26.9. The van der Waals surface area contributed by atoms with E-state index in [2.05, 4.69) is 85.7 Å². The molecule has 0 amide bonds. The number of hydrogen-bond acceptors (Lipinski definition) is 4. The zero-order valence-corrected chi connectivity index (χ0v) is 38.5. The Morgan fingerprint density at radius 2 is 1.71 bits per heavy atom. The lowest BCUT2D eigenvalue weighted by atomic mass is 9.87. The third-order valence-electron chi connectivity index (χ3n) is 9.17. The van der Waals surface area contributed by atoms with E-state index in [1.54, 1.807) is 6.92 Å². The Bertz CT molecular complexity index is 1680. The summed E-state index contributed by atoms with van der Waals surface area (Å²) in [5.41, 5.74) is 13.7. The number of hydrogen-bond donors (Lipinski definition) is 1. The Hall–Kier alpha value is -3.84. The van der Waals surface area contributed by atoms with Crippen molar-refractivity contribution < 1.29 is 8.97 Å². The minimum atomic E-state index is -1.06. The summed E-state index contributed by atoms with van der Waals surface area (Å²) in [5.74, 6) is 5.41. The van der Waals surface area contributed by atoms with Gasteiger partial charge in [-0.2, -0.15) is 0 Å². The highest BCUT2D eigenvalue weighted by atomic mass is 35.5. The molecule has 5 nitrogen and oxygen atoms in total. The van der Waals surface area contributed by atoms with E-state index >= 15 is 4.39 Å². The third kappa shape index (κ3) is 17.5. The molecular weight excluding hydrogens is 713 g/mol. The SMILES string of the molecule is C#CC.C#CC(=N/C(=C\C)C1CC1)/C(C)=C\C(C=[N+](C)CC(c1cc(C(C)CC)c(C)c(-c2ccnc(CCC)c2Cl)n1)C(F)CCC)=C/C.CC.CC.CN. The molecule has 2 aromatic heterocycles. The standard InChI is InChI=1S/C41H55ClFN4.C3H4.2C2H6.CH5N/c1-11-17-35(43)34(26-47(10)25-30(14-4)23-28(8)36(15-5)45-37(16-6)31-19-20-31)39-24-33(27(7)13-3)29(9)41(46-39)32-21-22-44-38(18-12-2)40(32)42;1-3-2;3*1-2/h5,14,16,21-25,27,31,34-35H,11-13,17-20,26H2,1-4,6-10H3;1H,2H3;2*1-2H3;2H2,1H3/q+1;;;;/b28-23-,30-14+,37-16-,45-36-,47-25?;;;;. The van der Waals surface area contributed by atoms with Crippen molar-refractivity contribution in [1.82, 2.24) is 9.97 Å². The molecule has 1 saturated carbocycles. The summed E-state index contributed by atoms with van der Waals surface area (Å²) >= 11 is 6.96. The normalized spacial score (nSPS) is 14.8. The van der Waals surface area contributed by atoms with Crippen LogP contribution in [0.15, 0.2) is 58.4 Å². The van der Waals surface area contributed by atoms with Gasteiger partial charge < -0.3 is 5.73 Å². The molecule has 3 atom stereocenters. The first-order valence-corrected chi connectivity index (χ1v) is 21.2. The minimum Gasteiger partial charge on any atom is -0.333 e. The van der Waals surface area contributed by atoms with E-state index in [4.69, 9.17) is 28.0 Å². The maximum Gasteiger partial charge on any atom is 0.170 e. The molecule has 1 aliphatic rings. The Balaban J connectivity index is 0. The van der Waals surface area contributed by atoms with E-state index in [1.807, 2.05) is 80.8 Å². The van der Waals surface area contributed by atoms with Crippen molar-refractivity contribution in [3.8, 4) is 35.9 Å². The number of pyridine rings is 2. The number of nitrogens with two attached hydrogens (primary N) is 1. The number of aryl methyl sites for hydroxylation is 1. The van der Waals surface area contributed by atoms with Gasteiger partial charge >= 0.3 is 0 Å². The summed E-state index contributed by atoms with van der Waals surface area (Å²) in [4.78, 5) is 14.6. The third-order valence-corrected chi connectivity index (χ3v) is 9.60. The second-order valence-electron chi connectivity index (χ2n) is 13.3. The lowest BCUT2D eigenvalue weighted by molar-refractivity contribution is -0.497. The molecule has 0 radical (unpaired) electrons. The Labute approximate surface area is 348 Å². The molecule has 2 aromatic rings. The fourth-order valence-electron chi connectivity index (χ4n) is 6.05. The van der Waals surface area contributed by atoms with E-state index in [-0.39, 0.29) is 5.92 Å². The number of rotatable bonds is 16. The lowest BCUT2D eigenvalue weighted by Gasteiger charge is -2.24. The quantitative estimate of drug-likeness (QED) is 0.0797. The number of aromatic nitrogens is 2. The van der Waals surface area contributed by atoms with Crippen molar-refractivity contribution >= 4 is 23.5 Å². The number of halogens is 2. The van der Waals surface area contributed by atoms with Crippen molar-refractivity contribution in [1.29, 1.82) is 0 Å². The van der Waals surface area contributed by atoms with E-state index in [1.165, 1.54) is 25.5 Å². The van der Waals surface area contributed by atoms with Crippen LogP contribution in [0.4, 0.5) is 4.39 Å². The number of allylic oxidation sites excluding steroid dienone is 6. The van der Waals surface area contributed by atoms with Crippen LogP contribution in [-0.4, -0.2) is 53.3 Å². The number of terminal acetylenes is 2. The van der Waals surface area contributed by atoms with Crippen molar-refractivity contribution in [2.24, 2.45) is 16.6 Å². The van der Waals surface area contributed by atoms with Crippen molar-refractivity contribution in [2.45, 2.75) is 153 Å². The number of aliphatic imine (C=N–C) groups is 1. The molecule has 0 aliphatic heterocycles. The van der Waals surface area contributed by atoms with Gasteiger partial charge in [-0.25, -0.2) is 14.0 Å². The molecule has 2 N–H and O–H groups in total. The largest absolute Gasteiger partial charge is 0.333 e. The fraction of sp³-hybridized carbons (Fsp3) is 0.551. The molecule has 310 valence electrons. The van der Waals surface area contributed by atoms with Crippen LogP contribution < -0.4 is 5.73 Å². The van der Waals surface area contributed by atoms with E-state index in [9.17, 15) is 0 Å². The zero-order chi connectivity index (χ0) is 43.4. The van der Waals surface area contributed by atoms with Gasteiger partial charge in [0.05, 0.1) is 28.0 Å². The smallest absolute Gasteiger partial charge is 0.170 e. The summed E-state index contributed by atoms with van der Waals surface area (Å²) < 4.78 is 18.3. The van der Waals surface area contributed by atoms with Gasteiger partial charge in [-0.1, -0.05) is 92.0 Å². The second kappa shape index (κ2) is 31.3. The van der Waals surface area contributed by atoms with Crippen LogP contribution >= 0.6 is 11.6 Å². The van der Waals surface area contributed by atoms with Gasteiger partial charge in [0.25, 0.3) is 0 Å². The molecule has 0 spiro atoms. The predicted molar refractivity (Wildman–Crippen MR) is 247 cm³/mol. The van der Waals surface area contributed by atoms with Gasteiger partial charge in [-0.15, -0.1) is 18.8 Å². The van der Waals surface area contributed by atoms with E-state index in [0.29, 0.717) is 29.6 Å². The topological polar surface area (TPSA) is 67.2 Å². The van der Waals surface area contributed by atoms with Crippen LogP contribution in [0, 0.1) is 37.5 Å². The van der Waals surface area contributed by atoms with Crippen LogP contribution in [0.2, 0.25) is 5.02 Å². The molecular formula is C49H76ClFN5+. The van der Waals surface area contributed by atoms with Crippen molar-refractivity contribution in [3.63, 3.8) is 0 Å². The second-order valence-corrected chi connectivity index (χ2v) is 13.6. The number of likely N-dealkylation sites (N-methyl/N-ethyl adjacent to an activating group) is 1. The minimum absolute atomic E-state index is 0.290.